The summed E-state index contributed by atoms with van der Waals surface area (Å²) in [5, 5.41) is 6.29. The Labute approximate surface area is 450 Å². The minimum absolute atomic E-state index is 0.0207. The van der Waals surface area contributed by atoms with Gasteiger partial charge in [0.2, 0.25) is 5.91 Å². The van der Waals surface area contributed by atoms with Crippen LogP contribution in [0.3, 0.4) is 0 Å². The van der Waals surface area contributed by atoms with Crippen LogP contribution in [-0.2, 0) is 20.5 Å². The van der Waals surface area contributed by atoms with Crippen molar-refractivity contribution in [1.82, 2.24) is 10.6 Å². The number of rotatable bonds is 22. The third kappa shape index (κ3) is 10.1. The highest BCUT2D eigenvalue weighted by atomic mass is 16.6. The van der Waals surface area contributed by atoms with Crippen LogP contribution in [0.25, 0.3) is 0 Å². The largest absolute Gasteiger partial charge is 0.496 e. The van der Waals surface area contributed by atoms with E-state index in [-0.39, 0.29) is 34.5 Å². The van der Waals surface area contributed by atoms with Gasteiger partial charge in [0.25, 0.3) is 5.91 Å². The van der Waals surface area contributed by atoms with E-state index >= 15 is 0 Å². The van der Waals surface area contributed by atoms with Crippen LogP contribution in [0.2, 0.25) is 0 Å². The van der Waals surface area contributed by atoms with E-state index in [1.165, 1.54) is 16.7 Å². The molecule has 4 N–H and O–H groups in total. The molecule has 5 aliphatic rings. The molecule has 402 valence electrons. The zero-order valence-electron chi connectivity index (χ0n) is 46.4. The van der Waals surface area contributed by atoms with Gasteiger partial charge >= 0.3 is 5.97 Å². The summed E-state index contributed by atoms with van der Waals surface area (Å²) in [6, 6.07) is 32.4. The Kier molecular flexibility index (Phi) is 15.7. The fourth-order valence-electron chi connectivity index (χ4n) is 12.9. The fourth-order valence-corrected chi connectivity index (χ4v) is 12.9. The lowest BCUT2D eigenvalue weighted by atomic mass is 9.45. The highest BCUT2D eigenvalue weighted by molar-refractivity contribution is 6.01. The molecule has 1 saturated carbocycles. The van der Waals surface area contributed by atoms with Gasteiger partial charge in [-0.2, -0.15) is 0 Å². The van der Waals surface area contributed by atoms with E-state index in [0.29, 0.717) is 78.9 Å². The molecule has 0 saturated heterocycles. The summed E-state index contributed by atoms with van der Waals surface area (Å²) in [6.07, 6.45) is 10.3. The molecule has 2 bridgehead atoms. The molecule has 1 spiro atoms. The molecule has 3 aliphatic carbocycles. The van der Waals surface area contributed by atoms with Crippen molar-refractivity contribution in [3.05, 3.63) is 153 Å². The zero-order valence-corrected chi connectivity index (χ0v) is 46.4. The number of carbonyl (C=O) groups excluding carboxylic acids is 3. The number of ether oxygens (including phenoxy) is 4. The average Bonchev–Trinajstić information content (AvgIpc) is 3.80. The molecular weight excluding hydrogens is 951 g/mol. The highest BCUT2D eigenvalue weighted by Gasteiger charge is 2.57. The maximum atomic E-state index is 13.8. The summed E-state index contributed by atoms with van der Waals surface area (Å²) < 4.78 is 25.5. The minimum Gasteiger partial charge on any atom is -0.496 e. The smallest absolute Gasteiger partial charge is 0.340 e. The average molecular weight is 1030 g/mol. The molecule has 1 unspecified atom stereocenters. The molecule has 0 aromatic heterocycles. The molecule has 5 aromatic rings. The van der Waals surface area contributed by atoms with Crippen LogP contribution < -0.4 is 40.4 Å². The van der Waals surface area contributed by atoms with Crippen molar-refractivity contribution >= 4 is 29.2 Å². The van der Waals surface area contributed by atoms with E-state index in [0.717, 1.165) is 78.1 Å². The van der Waals surface area contributed by atoms with Crippen LogP contribution in [0.15, 0.2) is 109 Å². The number of nitrogens with zero attached hydrogens (tertiary/aromatic N) is 2. The van der Waals surface area contributed by atoms with Crippen molar-refractivity contribution in [2.45, 2.75) is 108 Å². The lowest BCUT2D eigenvalue weighted by Gasteiger charge is -2.59. The topological polar surface area (TPSA) is 145 Å². The summed E-state index contributed by atoms with van der Waals surface area (Å²) in [7, 11) is 11.4. The van der Waals surface area contributed by atoms with Gasteiger partial charge in [-0.3, -0.25) is 9.59 Å². The first-order chi connectivity index (χ1) is 36.4. The van der Waals surface area contributed by atoms with Crippen LogP contribution in [0, 0.1) is 17.3 Å². The summed E-state index contributed by atoms with van der Waals surface area (Å²) in [5.74, 6) is 3.29. The predicted octanol–water partition coefficient (Wildman–Crippen LogP) is 11.8. The molecule has 5 aromatic carbocycles. The van der Waals surface area contributed by atoms with Gasteiger partial charge in [-0.25, -0.2) is 4.79 Å². The SMILES string of the molecule is COc1cc(C(C)(C)[C@H](CCCCCN)c2ccccc2)cc(OC)c1[C@H]1C=C(CNC(=O)CCCCCNC(=O)c2ccc3c(c2)C(=O)OC32c3ccc(N(C)C)cc3Oc3cc(N(C)C)ccc32)C2C[C@@H]1C2(C)C. The molecule has 10 rings (SSSR count). The number of carbonyl (C=O) groups is 3. The quantitative estimate of drug-likeness (QED) is 0.0348. The summed E-state index contributed by atoms with van der Waals surface area (Å²) in [6.45, 7) is 11.1. The van der Waals surface area contributed by atoms with Crippen LogP contribution >= 0.6 is 0 Å². The Morgan fingerprint density at radius 1 is 0.776 bits per heavy atom. The van der Waals surface area contributed by atoms with Crippen LogP contribution in [0.5, 0.6) is 23.0 Å². The van der Waals surface area contributed by atoms with Crippen LogP contribution in [0.4, 0.5) is 11.4 Å². The van der Waals surface area contributed by atoms with Crippen molar-refractivity contribution in [3.63, 3.8) is 0 Å². The van der Waals surface area contributed by atoms with Gasteiger partial charge in [-0.15, -0.1) is 0 Å². The maximum Gasteiger partial charge on any atom is 0.340 e. The molecule has 12 nitrogen and oxygen atoms in total. The highest BCUT2D eigenvalue weighted by Crippen LogP contribution is 2.65. The number of allylic oxidation sites excluding steroid dienone is 1. The summed E-state index contributed by atoms with van der Waals surface area (Å²) >= 11 is 0. The van der Waals surface area contributed by atoms with Gasteiger partial charge in [0.15, 0.2) is 5.60 Å². The second kappa shape index (κ2) is 22.0. The molecule has 12 heteroatoms. The number of methoxy groups -OCH3 is 2. The Morgan fingerprint density at radius 3 is 2.01 bits per heavy atom. The van der Waals surface area contributed by atoms with Crippen molar-refractivity contribution in [1.29, 1.82) is 0 Å². The number of unbranched alkanes of at least 4 members (excludes halogenated alkanes) is 4. The van der Waals surface area contributed by atoms with Crippen LogP contribution in [0.1, 0.15) is 151 Å². The van der Waals surface area contributed by atoms with E-state index in [2.05, 4.69) is 86.9 Å². The zero-order chi connectivity index (χ0) is 54.1. The van der Waals surface area contributed by atoms with E-state index in [9.17, 15) is 14.4 Å². The number of fused-ring (bicyclic) bond motifs is 7. The molecule has 1 fully saturated rings. The van der Waals surface area contributed by atoms with Gasteiger partial charge in [0.1, 0.15) is 23.0 Å². The number of hydrogen-bond acceptors (Lipinski definition) is 10. The molecule has 76 heavy (non-hydrogen) atoms. The van der Waals surface area contributed by atoms with E-state index in [1.807, 2.05) is 80.5 Å². The first kappa shape index (κ1) is 54.0. The van der Waals surface area contributed by atoms with Crippen molar-refractivity contribution in [2.75, 3.05) is 71.8 Å². The minimum atomic E-state index is -1.25. The van der Waals surface area contributed by atoms with Gasteiger partial charge in [-0.05, 0) is 127 Å². The first-order valence-corrected chi connectivity index (χ1v) is 27.4. The van der Waals surface area contributed by atoms with Gasteiger partial charge < -0.3 is 45.1 Å². The second-order valence-electron chi connectivity index (χ2n) is 23.0. The Morgan fingerprint density at radius 2 is 1.41 bits per heavy atom. The van der Waals surface area contributed by atoms with E-state index < -0.39 is 11.6 Å². The number of esters is 1. The molecule has 2 heterocycles. The lowest BCUT2D eigenvalue weighted by Crippen LogP contribution is -2.52. The van der Waals surface area contributed by atoms with Crippen molar-refractivity contribution < 1.29 is 33.3 Å². The number of benzene rings is 5. The molecule has 4 atom stereocenters. The predicted molar refractivity (Wildman–Crippen MR) is 303 cm³/mol. The molecule has 0 radical (unpaired) electrons. The summed E-state index contributed by atoms with van der Waals surface area (Å²) in [5.41, 5.74) is 14.0. The van der Waals surface area contributed by atoms with Crippen LogP contribution in [-0.4, -0.2) is 79.8 Å². The number of nitrogens with two attached hydrogens (primary N) is 1. The summed E-state index contributed by atoms with van der Waals surface area (Å²) in [4.78, 5) is 44.8. The standard InChI is InChI=1S/C64H79N5O7/c1-62(2,48(22-16-12-18-30-65)40-20-14-11-15-21-40)43-34-56(73-9)59(57(35-43)74-10)46-33-42(52-38-53(46)63(52,3)4)39-67-58(70)23-17-13-19-31-66-60(71)41-24-27-49-47(32-41)61(72)76-64(49)50-28-25-44(68(5)6)36-54(50)75-55-37-45(69(7)8)26-29-51(55)64/h11,14-15,20-21,24-29,32-37,46,48,52-53H,12-13,16-19,22-23,30-31,38-39,65H2,1-10H3,(H,66,71)(H,67,70)/t46-,48+,52?,53-/m0/s1. The molecular formula is C64H79N5O7. The Hall–Kier alpha value is -6.79. The first-order valence-electron chi connectivity index (χ1n) is 27.4. The van der Waals surface area contributed by atoms with Crippen molar-refractivity contribution in [3.8, 4) is 23.0 Å². The normalized spacial score (nSPS) is 18.6. The fraction of sp³-hybridized carbons (Fsp3) is 0.453. The van der Waals surface area contributed by atoms with Gasteiger partial charge in [0.05, 0.1) is 19.8 Å². The van der Waals surface area contributed by atoms with E-state index in [4.69, 9.17) is 24.7 Å². The Balaban J connectivity index is 0.813. The third-order valence-electron chi connectivity index (χ3n) is 17.4. The lowest BCUT2D eigenvalue weighted by molar-refractivity contribution is -0.121. The second-order valence-corrected chi connectivity index (χ2v) is 23.0. The molecule has 2 aliphatic heterocycles. The monoisotopic (exact) mass is 1030 g/mol. The number of nitrogens with one attached hydrogen (secondary N) is 2. The van der Waals surface area contributed by atoms with Gasteiger partial charge in [0, 0.05) is 105 Å². The van der Waals surface area contributed by atoms with Crippen molar-refractivity contribution in [2.24, 2.45) is 23.0 Å². The third-order valence-corrected chi connectivity index (χ3v) is 17.4. The van der Waals surface area contributed by atoms with Gasteiger partial charge in [-0.1, -0.05) is 95.0 Å². The number of hydrogen-bond donors (Lipinski definition) is 3. The molecule has 2 amide bonds. The van der Waals surface area contributed by atoms with E-state index in [1.54, 1.807) is 26.4 Å². The number of amides is 2. The Bertz CT molecular complexity index is 2910. The maximum absolute atomic E-state index is 13.8. The number of anilines is 2.